The summed E-state index contributed by atoms with van der Waals surface area (Å²) in [4.78, 5) is 12.1. The standard InChI is InChI=1S/C18H23FN4O2/c1-2-3-4-12(20)14(19)15(21)18(24)23-11-7-5-10(6-8-11)17-16-13(25-17)9-22-16/h5-8,13,16-17,20,22H,2-4,9,21H2,1H3,(H,23,24)/b15-14+,20-12?/t13?,16-,17+/m1/s1. The van der Waals surface area contributed by atoms with Crippen LogP contribution >= 0.6 is 0 Å². The van der Waals surface area contributed by atoms with Gasteiger partial charge in [0.1, 0.15) is 11.8 Å². The molecule has 3 rings (SSSR count). The topological polar surface area (TPSA) is 100 Å². The number of unbranched alkanes of at least 4 members (excludes halogenated alkanes) is 1. The second-order valence-corrected chi connectivity index (χ2v) is 6.42. The Morgan fingerprint density at radius 1 is 1.44 bits per heavy atom. The molecule has 3 atom stereocenters. The van der Waals surface area contributed by atoms with E-state index in [0.29, 0.717) is 24.3 Å². The van der Waals surface area contributed by atoms with E-state index in [1.54, 1.807) is 12.1 Å². The van der Waals surface area contributed by atoms with E-state index < -0.39 is 17.4 Å². The predicted octanol–water partition coefficient (Wildman–Crippen LogP) is 2.39. The van der Waals surface area contributed by atoms with Crippen molar-refractivity contribution in [2.45, 2.75) is 44.4 Å². The Labute approximate surface area is 146 Å². The number of benzene rings is 1. The number of morpholine rings is 1. The summed E-state index contributed by atoms with van der Waals surface area (Å²) in [5.41, 5.74) is 6.30. The second kappa shape index (κ2) is 7.33. The lowest BCUT2D eigenvalue weighted by Gasteiger charge is -2.53. The first-order valence-corrected chi connectivity index (χ1v) is 8.54. The molecule has 2 aliphatic heterocycles. The summed E-state index contributed by atoms with van der Waals surface area (Å²) in [6.45, 7) is 2.85. The predicted molar refractivity (Wildman–Crippen MR) is 94.0 cm³/mol. The molecule has 1 aromatic carbocycles. The number of amides is 1. The van der Waals surface area contributed by atoms with Gasteiger partial charge in [-0.2, -0.15) is 0 Å². The van der Waals surface area contributed by atoms with Gasteiger partial charge in [0.15, 0.2) is 5.83 Å². The monoisotopic (exact) mass is 346 g/mol. The number of anilines is 1. The molecule has 25 heavy (non-hydrogen) atoms. The molecule has 1 unspecified atom stereocenters. The molecule has 0 aliphatic carbocycles. The van der Waals surface area contributed by atoms with Crippen molar-refractivity contribution >= 4 is 17.3 Å². The molecule has 0 saturated carbocycles. The third kappa shape index (κ3) is 3.57. The van der Waals surface area contributed by atoms with Gasteiger partial charge in [-0.1, -0.05) is 25.5 Å². The van der Waals surface area contributed by atoms with Gasteiger partial charge in [-0.15, -0.1) is 0 Å². The molecule has 2 aliphatic rings. The molecule has 0 spiro atoms. The van der Waals surface area contributed by atoms with Gasteiger partial charge in [0.25, 0.3) is 5.91 Å². The Kier molecular flexibility index (Phi) is 5.15. The van der Waals surface area contributed by atoms with Crippen LogP contribution in [0.5, 0.6) is 0 Å². The maximum atomic E-state index is 14.0. The average Bonchev–Trinajstić information content (AvgIpc) is 2.61. The smallest absolute Gasteiger partial charge is 0.274 e. The first-order valence-electron chi connectivity index (χ1n) is 8.54. The molecular formula is C18H23FN4O2. The van der Waals surface area contributed by atoms with Crippen LogP contribution in [-0.2, 0) is 9.53 Å². The molecule has 0 radical (unpaired) electrons. The molecule has 1 amide bonds. The number of hydrogen-bond donors (Lipinski definition) is 4. The van der Waals surface area contributed by atoms with E-state index in [4.69, 9.17) is 15.9 Å². The highest BCUT2D eigenvalue weighted by atomic mass is 19.1. The zero-order valence-corrected chi connectivity index (χ0v) is 14.1. The fraction of sp³-hybridized carbons (Fsp3) is 0.444. The molecule has 2 saturated heterocycles. The van der Waals surface area contributed by atoms with Crippen LogP contribution in [0.3, 0.4) is 0 Å². The summed E-state index contributed by atoms with van der Waals surface area (Å²) in [5.74, 6) is -1.69. The Morgan fingerprint density at radius 3 is 2.68 bits per heavy atom. The molecule has 2 fully saturated rings. The van der Waals surface area contributed by atoms with Gasteiger partial charge in [0.05, 0.1) is 17.9 Å². The van der Waals surface area contributed by atoms with Crippen molar-refractivity contribution < 1.29 is 13.9 Å². The van der Waals surface area contributed by atoms with E-state index in [1.807, 2.05) is 19.1 Å². The highest BCUT2D eigenvalue weighted by molar-refractivity contribution is 6.09. The number of nitrogens with two attached hydrogens (primary N) is 1. The highest BCUT2D eigenvalue weighted by Gasteiger charge is 2.49. The number of fused-ring (bicyclic) bond motifs is 1. The Morgan fingerprint density at radius 2 is 2.16 bits per heavy atom. The minimum absolute atomic E-state index is 0.0462. The fourth-order valence-corrected chi connectivity index (χ4v) is 2.93. The van der Waals surface area contributed by atoms with Crippen LogP contribution in [0.1, 0.15) is 37.9 Å². The van der Waals surface area contributed by atoms with Crippen molar-refractivity contribution in [3.63, 3.8) is 0 Å². The number of rotatable bonds is 7. The van der Waals surface area contributed by atoms with Crippen molar-refractivity contribution in [2.24, 2.45) is 5.73 Å². The van der Waals surface area contributed by atoms with Crippen molar-refractivity contribution in [3.8, 4) is 0 Å². The maximum absolute atomic E-state index is 14.0. The van der Waals surface area contributed by atoms with E-state index >= 15 is 0 Å². The minimum atomic E-state index is -0.951. The van der Waals surface area contributed by atoms with E-state index in [9.17, 15) is 9.18 Å². The summed E-state index contributed by atoms with van der Waals surface area (Å²) in [6, 6.07) is 7.58. The van der Waals surface area contributed by atoms with E-state index in [1.165, 1.54) is 0 Å². The van der Waals surface area contributed by atoms with Crippen molar-refractivity contribution in [1.82, 2.24) is 5.32 Å². The van der Waals surface area contributed by atoms with Crippen molar-refractivity contribution in [3.05, 3.63) is 41.4 Å². The van der Waals surface area contributed by atoms with Crippen LogP contribution in [-0.4, -0.2) is 30.3 Å². The van der Waals surface area contributed by atoms with Crippen LogP contribution in [0.15, 0.2) is 35.8 Å². The number of ether oxygens (including phenoxy) is 1. The largest absolute Gasteiger partial charge is 0.392 e. The summed E-state index contributed by atoms with van der Waals surface area (Å²) in [6.07, 6.45) is 2.16. The number of halogens is 1. The van der Waals surface area contributed by atoms with Gasteiger partial charge in [0, 0.05) is 12.2 Å². The normalized spacial score (nSPS) is 25.1. The Hall–Kier alpha value is -2.25. The second-order valence-electron chi connectivity index (χ2n) is 6.42. The molecule has 5 N–H and O–H groups in total. The van der Waals surface area contributed by atoms with Gasteiger partial charge in [-0.3, -0.25) is 4.79 Å². The van der Waals surface area contributed by atoms with Gasteiger partial charge in [-0.25, -0.2) is 4.39 Å². The van der Waals surface area contributed by atoms with Crippen LogP contribution < -0.4 is 16.4 Å². The van der Waals surface area contributed by atoms with Crippen molar-refractivity contribution in [1.29, 1.82) is 5.41 Å². The molecule has 134 valence electrons. The molecule has 2 heterocycles. The summed E-state index contributed by atoms with van der Waals surface area (Å²) < 4.78 is 19.7. The molecule has 6 nitrogen and oxygen atoms in total. The van der Waals surface area contributed by atoms with Crippen LogP contribution in [0.25, 0.3) is 0 Å². The Bertz CT molecular complexity index is 702. The molecule has 0 aromatic heterocycles. The first-order chi connectivity index (χ1) is 12.0. The third-order valence-electron chi connectivity index (χ3n) is 4.63. The number of hydrogen-bond acceptors (Lipinski definition) is 5. The van der Waals surface area contributed by atoms with Gasteiger partial charge < -0.3 is 26.5 Å². The maximum Gasteiger partial charge on any atom is 0.274 e. The van der Waals surface area contributed by atoms with Gasteiger partial charge in [0.2, 0.25) is 0 Å². The summed E-state index contributed by atoms with van der Waals surface area (Å²) >= 11 is 0. The Balaban J connectivity index is 1.59. The van der Waals surface area contributed by atoms with Crippen LogP contribution in [0, 0.1) is 5.41 Å². The number of nitrogens with one attached hydrogen (secondary N) is 3. The molecule has 0 bridgehead atoms. The SMILES string of the molecule is CCCCC(=N)/C(F)=C(\N)C(=O)Nc1ccc([C@@H]2OC3CN[C@H]32)cc1. The lowest BCUT2D eigenvalue weighted by Crippen LogP contribution is -2.69. The van der Waals surface area contributed by atoms with Gasteiger partial charge >= 0.3 is 0 Å². The number of carbonyl (C=O) groups excluding carboxylic acids is 1. The number of carbonyl (C=O) groups is 1. The van der Waals surface area contributed by atoms with Gasteiger partial charge in [-0.05, 0) is 30.5 Å². The number of allylic oxidation sites excluding steroid dienone is 1. The zero-order chi connectivity index (χ0) is 18.0. The summed E-state index contributed by atoms with van der Waals surface area (Å²) in [5, 5.41) is 13.5. The van der Waals surface area contributed by atoms with E-state index in [-0.39, 0.29) is 18.2 Å². The van der Waals surface area contributed by atoms with Crippen LogP contribution in [0.2, 0.25) is 0 Å². The molecule has 7 heteroatoms. The first kappa shape index (κ1) is 17.6. The average molecular weight is 346 g/mol. The molecule has 1 aromatic rings. The van der Waals surface area contributed by atoms with Crippen molar-refractivity contribution in [2.75, 3.05) is 11.9 Å². The quantitative estimate of drug-likeness (QED) is 0.450. The van der Waals surface area contributed by atoms with E-state index in [0.717, 1.165) is 18.5 Å². The lowest BCUT2D eigenvalue weighted by atomic mass is 9.86. The van der Waals surface area contributed by atoms with E-state index in [2.05, 4.69) is 10.6 Å². The summed E-state index contributed by atoms with van der Waals surface area (Å²) in [7, 11) is 0. The minimum Gasteiger partial charge on any atom is -0.392 e. The lowest BCUT2D eigenvalue weighted by molar-refractivity contribution is -0.203. The fourth-order valence-electron chi connectivity index (χ4n) is 2.93. The highest BCUT2D eigenvalue weighted by Crippen LogP contribution is 2.39. The third-order valence-corrected chi connectivity index (χ3v) is 4.63. The zero-order valence-electron chi connectivity index (χ0n) is 14.1. The molecular weight excluding hydrogens is 323 g/mol. The van der Waals surface area contributed by atoms with Crippen LogP contribution in [0.4, 0.5) is 10.1 Å².